The van der Waals surface area contributed by atoms with Crippen LogP contribution in [0, 0.1) is 0 Å². The summed E-state index contributed by atoms with van der Waals surface area (Å²) in [6.07, 6.45) is 2.73. The summed E-state index contributed by atoms with van der Waals surface area (Å²) in [5, 5.41) is 6.06. The molecule has 0 aliphatic carbocycles. The van der Waals surface area contributed by atoms with E-state index < -0.39 is 0 Å². The summed E-state index contributed by atoms with van der Waals surface area (Å²) in [4.78, 5) is 12.3. The lowest BCUT2D eigenvalue weighted by Crippen LogP contribution is -2.10. The SMILES string of the molecule is C=CCNc1nc(NCCC)nc(OC)n1. The van der Waals surface area contributed by atoms with E-state index in [4.69, 9.17) is 4.74 Å². The minimum Gasteiger partial charge on any atom is -0.467 e. The van der Waals surface area contributed by atoms with Crippen molar-refractivity contribution in [3.05, 3.63) is 12.7 Å². The minimum absolute atomic E-state index is 0.292. The van der Waals surface area contributed by atoms with Crippen molar-refractivity contribution >= 4 is 11.9 Å². The second-order valence-electron chi connectivity index (χ2n) is 3.07. The molecule has 1 rings (SSSR count). The standard InChI is InChI=1S/C10H17N5O/c1-4-6-11-8-13-9(12-7-5-2)15-10(14-8)16-3/h4H,1,5-7H2,2-3H3,(H2,11,12,13,14,15). The number of aromatic nitrogens is 3. The maximum absolute atomic E-state index is 4.99. The van der Waals surface area contributed by atoms with Crippen LogP contribution in [0.1, 0.15) is 13.3 Å². The smallest absolute Gasteiger partial charge is 0.322 e. The summed E-state index contributed by atoms with van der Waals surface area (Å²) < 4.78 is 4.99. The number of ether oxygens (including phenoxy) is 1. The predicted molar refractivity (Wildman–Crippen MR) is 63.8 cm³/mol. The van der Waals surface area contributed by atoms with Crippen LogP contribution in [-0.4, -0.2) is 35.2 Å². The number of hydrogen-bond acceptors (Lipinski definition) is 6. The van der Waals surface area contributed by atoms with E-state index in [1.807, 2.05) is 0 Å². The molecule has 0 fully saturated rings. The van der Waals surface area contributed by atoms with E-state index in [0.717, 1.165) is 13.0 Å². The fraction of sp³-hybridized carbons (Fsp3) is 0.500. The quantitative estimate of drug-likeness (QED) is 0.679. The summed E-state index contributed by atoms with van der Waals surface area (Å²) in [5.74, 6) is 0.991. The van der Waals surface area contributed by atoms with Gasteiger partial charge in [-0.25, -0.2) is 0 Å². The zero-order chi connectivity index (χ0) is 11.8. The lowest BCUT2D eigenvalue weighted by Gasteiger charge is -2.07. The van der Waals surface area contributed by atoms with Crippen LogP contribution in [0.3, 0.4) is 0 Å². The number of nitrogens with one attached hydrogen (secondary N) is 2. The average Bonchev–Trinajstić information content (AvgIpc) is 2.33. The number of hydrogen-bond donors (Lipinski definition) is 2. The van der Waals surface area contributed by atoms with Gasteiger partial charge in [-0.2, -0.15) is 15.0 Å². The molecule has 0 saturated heterocycles. The van der Waals surface area contributed by atoms with Gasteiger partial charge in [0.2, 0.25) is 11.9 Å². The van der Waals surface area contributed by atoms with Crippen LogP contribution in [0.5, 0.6) is 6.01 Å². The van der Waals surface area contributed by atoms with E-state index in [-0.39, 0.29) is 0 Å². The van der Waals surface area contributed by atoms with Crippen molar-refractivity contribution in [2.75, 3.05) is 30.8 Å². The molecule has 1 aromatic heterocycles. The lowest BCUT2D eigenvalue weighted by molar-refractivity contribution is 0.379. The monoisotopic (exact) mass is 223 g/mol. The molecule has 0 aromatic carbocycles. The molecule has 0 aliphatic rings. The molecule has 6 nitrogen and oxygen atoms in total. The first-order valence-electron chi connectivity index (χ1n) is 5.18. The third-order valence-electron chi connectivity index (χ3n) is 1.74. The van der Waals surface area contributed by atoms with Gasteiger partial charge in [0.15, 0.2) is 0 Å². The van der Waals surface area contributed by atoms with Gasteiger partial charge < -0.3 is 15.4 Å². The average molecular weight is 223 g/mol. The van der Waals surface area contributed by atoms with Gasteiger partial charge in [-0.15, -0.1) is 6.58 Å². The van der Waals surface area contributed by atoms with Crippen molar-refractivity contribution < 1.29 is 4.74 Å². The zero-order valence-electron chi connectivity index (χ0n) is 9.66. The van der Waals surface area contributed by atoms with Crippen LogP contribution in [0.15, 0.2) is 12.7 Å². The second kappa shape index (κ2) is 6.60. The molecule has 0 radical (unpaired) electrons. The van der Waals surface area contributed by atoms with Crippen LogP contribution >= 0.6 is 0 Å². The molecule has 88 valence electrons. The van der Waals surface area contributed by atoms with Crippen molar-refractivity contribution in [2.24, 2.45) is 0 Å². The first-order valence-corrected chi connectivity index (χ1v) is 5.18. The molecule has 1 heterocycles. The maximum atomic E-state index is 4.99. The van der Waals surface area contributed by atoms with Gasteiger partial charge in [-0.05, 0) is 6.42 Å². The Morgan fingerprint density at radius 1 is 1.25 bits per heavy atom. The fourth-order valence-electron chi connectivity index (χ4n) is 1.01. The predicted octanol–water partition coefficient (Wildman–Crippen LogP) is 1.30. The molecule has 6 heteroatoms. The molecule has 0 spiro atoms. The highest BCUT2D eigenvalue weighted by Gasteiger charge is 2.04. The number of rotatable bonds is 7. The van der Waals surface area contributed by atoms with Crippen LogP contribution in [0.25, 0.3) is 0 Å². The van der Waals surface area contributed by atoms with Crippen molar-refractivity contribution in [3.63, 3.8) is 0 Å². The summed E-state index contributed by atoms with van der Waals surface area (Å²) in [6, 6.07) is 0.292. The Labute approximate surface area is 95.2 Å². The van der Waals surface area contributed by atoms with Crippen LogP contribution in [-0.2, 0) is 0 Å². The van der Waals surface area contributed by atoms with Crippen LogP contribution in [0.4, 0.5) is 11.9 Å². The molecule has 16 heavy (non-hydrogen) atoms. The Bertz CT molecular complexity index is 342. The van der Waals surface area contributed by atoms with Crippen molar-refractivity contribution in [3.8, 4) is 6.01 Å². The molecule has 0 unspecified atom stereocenters. The van der Waals surface area contributed by atoms with Gasteiger partial charge in [0.25, 0.3) is 0 Å². The lowest BCUT2D eigenvalue weighted by atomic mass is 10.5. The van der Waals surface area contributed by atoms with Crippen molar-refractivity contribution in [2.45, 2.75) is 13.3 Å². The van der Waals surface area contributed by atoms with Gasteiger partial charge in [0.1, 0.15) is 0 Å². The van der Waals surface area contributed by atoms with E-state index in [0.29, 0.717) is 24.5 Å². The maximum Gasteiger partial charge on any atom is 0.322 e. The van der Waals surface area contributed by atoms with Gasteiger partial charge in [-0.3, -0.25) is 0 Å². The minimum atomic E-state index is 0.292. The molecule has 0 aliphatic heterocycles. The number of nitrogens with zero attached hydrogens (tertiary/aromatic N) is 3. The molecule has 2 N–H and O–H groups in total. The summed E-state index contributed by atoms with van der Waals surface area (Å²) >= 11 is 0. The largest absolute Gasteiger partial charge is 0.467 e. The highest BCUT2D eigenvalue weighted by atomic mass is 16.5. The molecular weight excluding hydrogens is 206 g/mol. The van der Waals surface area contributed by atoms with E-state index in [9.17, 15) is 0 Å². The van der Waals surface area contributed by atoms with E-state index in [1.54, 1.807) is 6.08 Å². The van der Waals surface area contributed by atoms with Gasteiger partial charge >= 0.3 is 6.01 Å². The first-order chi connectivity index (χ1) is 7.80. The van der Waals surface area contributed by atoms with Gasteiger partial charge in [0.05, 0.1) is 7.11 Å². The second-order valence-corrected chi connectivity index (χ2v) is 3.07. The van der Waals surface area contributed by atoms with E-state index in [1.165, 1.54) is 7.11 Å². The Balaban J connectivity index is 2.78. The first kappa shape index (κ1) is 12.2. The van der Waals surface area contributed by atoms with Crippen molar-refractivity contribution in [1.82, 2.24) is 15.0 Å². The summed E-state index contributed by atoms with van der Waals surface area (Å²) in [6.45, 7) is 7.09. The fourth-order valence-corrected chi connectivity index (χ4v) is 1.01. The van der Waals surface area contributed by atoms with E-state index in [2.05, 4.69) is 39.1 Å². The topological polar surface area (TPSA) is 72.0 Å². The number of anilines is 2. The Morgan fingerprint density at radius 2 is 1.94 bits per heavy atom. The third kappa shape index (κ3) is 3.72. The van der Waals surface area contributed by atoms with Gasteiger partial charge in [0, 0.05) is 13.1 Å². The Morgan fingerprint density at radius 3 is 2.50 bits per heavy atom. The van der Waals surface area contributed by atoms with Crippen LogP contribution in [0.2, 0.25) is 0 Å². The highest BCUT2D eigenvalue weighted by Crippen LogP contribution is 2.10. The zero-order valence-corrected chi connectivity index (χ0v) is 9.66. The molecule has 0 atom stereocenters. The Kier molecular flexibility index (Phi) is 5.04. The van der Waals surface area contributed by atoms with E-state index >= 15 is 0 Å². The molecular formula is C10H17N5O. The summed E-state index contributed by atoms with van der Waals surface area (Å²) in [5.41, 5.74) is 0. The van der Waals surface area contributed by atoms with Crippen molar-refractivity contribution in [1.29, 1.82) is 0 Å². The molecule has 0 amide bonds. The summed E-state index contributed by atoms with van der Waals surface area (Å²) in [7, 11) is 1.52. The normalized spacial score (nSPS) is 9.62. The third-order valence-corrected chi connectivity index (χ3v) is 1.74. The van der Waals surface area contributed by atoms with Crippen LogP contribution < -0.4 is 15.4 Å². The Hall–Kier alpha value is -1.85. The molecule has 1 aromatic rings. The van der Waals surface area contributed by atoms with Gasteiger partial charge in [-0.1, -0.05) is 13.0 Å². The highest BCUT2D eigenvalue weighted by molar-refractivity contribution is 5.36. The number of methoxy groups -OCH3 is 1. The molecule has 0 bridgehead atoms. The molecule has 0 saturated carbocycles.